The normalized spacial score (nSPS) is 10.5. The number of aromatic nitrogens is 1. The second kappa shape index (κ2) is 4.98. The molecule has 0 amide bonds. The van der Waals surface area contributed by atoms with Crippen LogP contribution in [0.5, 0.6) is 0 Å². The summed E-state index contributed by atoms with van der Waals surface area (Å²) in [6, 6.07) is 8.03. The summed E-state index contributed by atoms with van der Waals surface area (Å²) in [5.41, 5.74) is 9.03. The Kier molecular flexibility index (Phi) is 3.60. The van der Waals surface area contributed by atoms with Crippen molar-refractivity contribution in [2.45, 2.75) is 23.8 Å². The third kappa shape index (κ3) is 2.93. The van der Waals surface area contributed by atoms with Gasteiger partial charge in [0.2, 0.25) is 0 Å². The molecule has 0 radical (unpaired) electrons. The first-order valence-electron chi connectivity index (χ1n) is 5.22. The summed E-state index contributed by atoms with van der Waals surface area (Å²) in [6.07, 6.45) is 1.61. The van der Waals surface area contributed by atoms with E-state index in [9.17, 15) is 0 Å². The maximum atomic E-state index is 5.87. The molecule has 0 unspecified atom stereocenters. The van der Waals surface area contributed by atoms with Crippen LogP contribution in [-0.4, -0.2) is 4.98 Å². The van der Waals surface area contributed by atoms with Crippen LogP contribution in [0, 0.1) is 13.8 Å². The van der Waals surface area contributed by atoms with Crippen molar-refractivity contribution < 1.29 is 0 Å². The first-order valence-corrected chi connectivity index (χ1v) is 6.42. The Morgan fingerprint density at radius 1 is 1.18 bits per heavy atom. The van der Waals surface area contributed by atoms with Crippen LogP contribution in [0.4, 0.5) is 5.69 Å². The van der Waals surface area contributed by atoms with Gasteiger partial charge >= 0.3 is 0 Å². The van der Waals surface area contributed by atoms with Gasteiger partial charge in [-0.1, -0.05) is 29.4 Å². The van der Waals surface area contributed by atoms with Crippen LogP contribution in [-0.2, 0) is 0 Å². The topological polar surface area (TPSA) is 38.9 Å². The van der Waals surface area contributed by atoms with Crippen molar-refractivity contribution in [3.63, 3.8) is 0 Å². The van der Waals surface area contributed by atoms with E-state index in [1.54, 1.807) is 24.0 Å². The fourth-order valence-electron chi connectivity index (χ4n) is 1.42. The third-order valence-corrected chi connectivity index (χ3v) is 3.77. The van der Waals surface area contributed by atoms with Gasteiger partial charge in [0.1, 0.15) is 5.03 Å². The molecular weight excluding hydrogens is 252 g/mol. The SMILES string of the molecule is Cc1ccc(Sc2ncc(Cl)cc2N)cc1C. The highest BCUT2D eigenvalue weighted by atomic mass is 35.5. The lowest BCUT2D eigenvalue weighted by Crippen LogP contribution is -1.91. The average Bonchev–Trinajstić information content (AvgIpc) is 2.27. The summed E-state index contributed by atoms with van der Waals surface area (Å²) in [5.74, 6) is 0. The molecule has 4 heteroatoms. The molecule has 0 atom stereocenters. The zero-order valence-corrected chi connectivity index (χ0v) is 11.3. The second-order valence-electron chi connectivity index (χ2n) is 3.90. The van der Waals surface area contributed by atoms with Gasteiger partial charge in [-0.3, -0.25) is 0 Å². The Bertz CT molecular complexity index is 555. The summed E-state index contributed by atoms with van der Waals surface area (Å²) in [5, 5.41) is 1.35. The summed E-state index contributed by atoms with van der Waals surface area (Å²) in [4.78, 5) is 5.37. The number of anilines is 1. The van der Waals surface area contributed by atoms with E-state index in [2.05, 4.69) is 37.0 Å². The van der Waals surface area contributed by atoms with Gasteiger partial charge in [-0.25, -0.2) is 4.98 Å². The Balaban J connectivity index is 2.28. The van der Waals surface area contributed by atoms with Crippen molar-refractivity contribution in [1.82, 2.24) is 4.98 Å². The molecule has 1 heterocycles. The lowest BCUT2D eigenvalue weighted by Gasteiger charge is -2.06. The maximum absolute atomic E-state index is 5.87. The van der Waals surface area contributed by atoms with Crippen LogP contribution in [0.1, 0.15) is 11.1 Å². The predicted molar refractivity (Wildman–Crippen MR) is 73.7 cm³/mol. The molecule has 0 bridgehead atoms. The quantitative estimate of drug-likeness (QED) is 0.888. The van der Waals surface area contributed by atoms with Gasteiger partial charge in [0.25, 0.3) is 0 Å². The molecule has 1 aromatic carbocycles. The first kappa shape index (κ1) is 12.3. The zero-order valence-electron chi connectivity index (χ0n) is 9.70. The number of nitrogens with two attached hydrogens (primary N) is 1. The smallest absolute Gasteiger partial charge is 0.124 e. The van der Waals surface area contributed by atoms with Crippen molar-refractivity contribution >= 4 is 29.1 Å². The van der Waals surface area contributed by atoms with Crippen molar-refractivity contribution in [3.8, 4) is 0 Å². The van der Waals surface area contributed by atoms with E-state index in [0.717, 1.165) is 9.92 Å². The van der Waals surface area contributed by atoms with Crippen molar-refractivity contribution in [2.75, 3.05) is 5.73 Å². The van der Waals surface area contributed by atoms with Gasteiger partial charge in [0.05, 0.1) is 10.7 Å². The number of nitrogen functional groups attached to an aromatic ring is 1. The molecule has 2 N–H and O–H groups in total. The molecule has 0 saturated carbocycles. The van der Waals surface area contributed by atoms with Crippen molar-refractivity contribution in [3.05, 3.63) is 46.6 Å². The van der Waals surface area contributed by atoms with Gasteiger partial charge in [-0.2, -0.15) is 0 Å². The number of nitrogens with zero attached hydrogens (tertiary/aromatic N) is 1. The Morgan fingerprint density at radius 3 is 2.59 bits per heavy atom. The number of hydrogen-bond acceptors (Lipinski definition) is 3. The molecule has 17 heavy (non-hydrogen) atoms. The molecule has 2 aromatic rings. The van der Waals surface area contributed by atoms with Crippen LogP contribution >= 0.6 is 23.4 Å². The fraction of sp³-hybridized carbons (Fsp3) is 0.154. The van der Waals surface area contributed by atoms with Crippen LogP contribution in [0.15, 0.2) is 40.4 Å². The van der Waals surface area contributed by atoms with Gasteiger partial charge < -0.3 is 5.73 Å². The summed E-state index contributed by atoms with van der Waals surface area (Å²) in [7, 11) is 0. The van der Waals surface area contributed by atoms with Gasteiger partial charge in [0.15, 0.2) is 0 Å². The number of benzene rings is 1. The van der Waals surface area contributed by atoms with Crippen molar-refractivity contribution in [2.24, 2.45) is 0 Å². The molecule has 0 aliphatic carbocycles. The average molecular weight is 265 g/mol. The summed E-state index contributed by atoms with van der Waals surface area (Å²) < 4.78 is 0. The minimum atomic E-state index is 0.562. The molecule has 2 rings (SSSR count). The first-order chi connectivity index (χ1) is 8.06. The molecule has 0 fully saturated rings. The van der Waals surface area contributed by atoms with Crippen LogP contribution in [0.25, 0.3) is 0 Å². The Hall–Kier alpha value is -1.19. The highest BCUT2D eigenvalue weighted by molar-refractivity contribution is 7.99. The van der Waals surface area contributed by atoms with Crippen LogP contribution in [0.3, 0.4) is 0 Å². The van der Waals surface area contributed by atoms with E-state index in [0.29, 0.717) is 10.7 Å². The number of aryl methyl sites for hydroxylation is 2. The fourth-order valence-corrected chi connectivity index (χ4v) is 2.46. The monoisotopic (exact) mass is 264 g/mol. The van der Waals surface area contributed by atoms with Gasteiger partial charge in [-0.15, -0.1) is 0 Å². The van der Waals surface area contributed by atoms with E-state index in [1.807, 2.05) is 0 Å². The standard InChI is InChI=1S/C13H13ClN2S/c1-8-3-4-11(5-9(8)2)17-13-12(15)6-10(14)7-16-13/h3-7H,15H2,1-2H3. The minimum absolute atomic E-state index is 0.562. The lowest BCUT2D eigenvalue weighted by molar-refractivity contribution is 1.14. The van der Waals surface area contributed by atoms with E-state index < -0.39 is 0 Å². The maximum Gasteiger partial charge on any atom is 0.124 e. The number of rotatable bonds is 2. The zero-order chi connectivity index (χ0) is 12.4. The second-order valence-corrected chi connectivity index (χ2v) is 5.39. The van der Waals surface area contributed by atoms with Crippen molar-refractivity contribution in [1.29, 1.82) is 0 Å². The predicted octanol–water partition coefficient (Wildman–Crippen LogP) is 4.09. The van der Waals surface area contributed by atoms with Gasteiger partial charge in [0, 0.05) is 11.1 Å². The largest absolute Gasteiger partial charge is 0.396 e. The lowest BCUT2D eigenvalue weighted by atomic mass is 10.1. The molecule has 0 aliphatic rings. The van der Waals surface area contributed by atoms with E-state index in [1.165, 1.54) is 11.1 Å². The van der Waals surface area contributed by atoms with E-state index in [-0.39, 0.29) is 0 Å². The molecule has 0 spiro atoms. The van der Waals surface area contributed by atoms with Gasteiger partial charge in [-0.05, 0) is 43.2 Å². The molecular formula is C13H13ClN2S. The van der Waals surface area contributed by atoms with E-state index in [4.69, 9.17) is 17.3 Å². The highest BCUT2D eigenvalue weighted by Gasteiger charge is 2.05. The molecule has 88 valence electrons. The Morgan fingerprint density at radius 2 is 1.94 bits per heavy atom. The number of pyridine rings is 1. The van der Waals surface area contributed by atoms with E-state index >= 15 is 0 Å². The summed E-state index contributed by atoms with van der Waals surface area (Å²) in [6.45, 7) is 4.19. The van der Waals surface area contributed by atoms with Crippen LogP contribution in [0.2, 0.25) is 5.02 Å². The molecule has 0 saturated heterocycles. The molecule has 0 aliphatic heterocycles. The number of hydrogen-bond donors (Lipinski definition) is 1. The Labute approximate surface area is 110 Å². The number of halogens is 1. The molecule has 1 aromatic heterocycles. The minimum Gasteiger partial charge on any atom is -0.396 e. The van der Waals surface area contributed by atoms with Crippen LogP contribution < -0.4 is 5.73 Å². The highest BCUT2D eigenvalue weighted by Crippen LogP contribution is 2.32. The molecule has 2 nitrogen and oxygen atoms in total. The third-order valence-electron chi connectivity index (χ3n) is 2.54. The summed E-state index contributed by atoms with van der Waals surface area (Å²) >= 11 is 7.37.